The Balaban J connectivity index is 1.89. The van der Waals surface area contributed by atoms with E-state index < -0.39 is 11.7 Å². The van der Waals surface area contributed by atoms with Crippen LogP contribution in [-0.2, 0) is 6.54 Å². The molecule has 0 aliphatic heterocycles. The summed E-state index contributed by atoms with van der Waals surface area (Å²) in [5.41, 5.74) is 2.02. The lowest BCUT2D eigenvalue weighted by molar-refractivity contribution is 0.102. The van der Waals surface area contributed by atoms with Crippen molar-refractivity contribution in [1.29, 1.82) is 0 Å². The van der Waals surface area contributed by atoms with E-state index in [1.807, 2.05) is 38.4 Å². The van der Waals surface area contributed by atoms with Crippen LogP contribution in [0.2, 0.25) is 5.02 Å². The molecule has 0 spiro atoms. The molecule has 5 nitrogen and oxygen atoms in total. The Bertz CT molecular complexity index is 948. The molecule has 0 aliphatic carbocycles. The van der Waals surface area contributed by atoms with Crippen molar-refractivity contribution in [2.75, 3.05) is 19.4 Å². The van der Waals surface area contributed by atoms with Gasteiger partial charge < -0.3 is 14.7 Å². The topological polar surface area (TPSA) is 58.4 Å². The van der Waals surface area contributed by atoms with Crippen LogP contribution in [0.25, 0.3) is 11.3 Å². The van der Waals surface area contributed by atoms with Crippen LogP contribution in [0.1, 0.15) is 21.7 Å². The fraction of sp³-hybridized carbons (Fsp3) is 0.200. The van der Waals surface area contributed by atoms with E-state index >= 15 is 0 Å². The maximum atomic E-state index is 14.3. The van der Waals surface area contributed by atoms with Crippen molar-refractivity contribution in [1.82, 2.24) is 10.1 Å². The number of hydrogen-bond acceptors (Lipinski definition) is 4. The van der Waals surface area contributed by atoms with Crippen LogP contribution in [0.4, 0.5) is 10.1 Å². The van der Waals surface area contributed by atoms with Gasteiger partial charge >= 0.3 is 0 Å². The molecule has 2 aromatic carbocycles. The normalized spacial score (nSPS) is 11.0. The Morgan fingerprint density at radius 1 is 1.22 bits per heavy atom. The molecule has 0 radical (unpaired) electrons. The number of carbonyl (C=O) groups excluding carboxylic acids is 1. The number of rotatable bonds is 5. The summed E-state index contributed by atoms with van der Waals surface area (Å²) in [6, 6.07) is 11.8. The highest BCUT2D eigenvalue weighted by Gasteiger charge is 2.25. The minimum Gasteiger partial charge on any atom is -0.360 e. The van der Waals surface area contributed by atoms with Crippen molar-refractivity contribution in [3.63, 3.8) is 0 Å². The first-order valence-electron chi connectivity index (χ1n) is 8.32. The van der Waals surface area contributed by atoms with Gasteiger partial charge in [-0.25, -0.2) is 4.39 Å². The molecule has 27 heavy (non-hydrogen) atoms. The molecule has 140 valence electrons. The minimum atomic E-state index is -0.571. The van der Waals surface area contributed by atoms with Crippen molar-refractivity contribution in [3.8, 4) is 11.3 Å². The number of aromatic nitrogens is 1. The number of anilines is 1. The fourth-order valence-electron chi connectivity index (χ4n) is 2.79. The van der Waals surface area contributed by atoms with Gasteiger partial charge in [-0.3, -0.25) is 4.79 Å². The van der Waals surface area contributed by atoms with Gasteiger partial charge in [0.1, 0.15) is 22.8 Å². The van der Waals surface area contributed by atoms with Crippen LogP contribution in [0.15, 0.2) is 47.0 Å². The Hall–Kier alpha value is -2.70. The van der Waals surface area contributed by atoms with Gasteiger partial charge in [0.2, 0.25) is 0 Å². The molecule has 0 unspecified atom stereocenters. The molecular weight excluding hydrogens is 369 g/mol. The largest absolute Gasteiger partial charge is 0.360 e. The van der Waals surface area contributed by atoms with Gasteiger partial charge in [-0.15, -0.1) is 0 Å². The lowest BCUT2D eigenvalue weighted by Crippen LogP contribution is -2.14. The summed E-state index contributed by atoms with van der Waals surface area (Å²) in [4.78, 5) is 14.8. The first kappa shape index (κ1) is 19.1. The molecule has 7 heteroatoms. The number of benzene rings is 2. The van der Waals surface area contributed by atoms with Crippen molar-refractivity contribution in [2.45, 2.75) is 13.5 Å². The predicted octanol–water partition coefficient (Wildman–Crippen LogP) is 4.76. The SMILES string of the molecule is Cc1onc(-c2c(F)cccc2Cl)c1C(=O)Nc1ccc(CN(C)C)cc1. The number of aryl methyl sites for hydroxylation is 1. The first-order valence-corrected chi connectivity index (χ1v) is 8.70. The lowest BCUT2D eigenvalue weighted by atomic mass is 10.0. The van der Waals surface area contributed by atoms with Gasteiger partial charge in [0, 0.05) is 12.2 Å². The molecule has 0 bridgehead atoms. The van der Waals surface area contributed by atoms with Crippen LogP contribution in [-0.4, -0.2) is 30.1 Å². The zero-order chi connectivity index (χ0) is 19.6. The van der Waals surface area contributed by atoms with Crippen LogP contribution in [0, 0.1) is 12.7 Å². The van der Waals surface area contributed by atoms with Crippen molar-refractivity contribution in [2.24, 2.45) is 0 Å². The van der Waals surface area contributed by atoms with E-state index in [0.717, 1.165) is 12.1 Å². The summed E-state index contributed by atoms with van der Waals surface area (Å²) in [6.45, 7) is 2.40. The number of amides is 1. The average Bonchev–Trinajstić information content (AvgIpc) is 2.97. The molecule has 0 aliphatic rings. The molecule has 1 aromatic heterocycles. The van der Waals surface area contributed by atoms with E-state index in [9.17, 15) is 9.18 Å². The molecule has 0 atom stereocenters. The molecular formula is C20H19ClFN3O2. The minimum absolute atomic E-state index is 0.0440. The summed E-state index contributed by atoms with van der Waals surface area (Å²) in [7, 11) is 3.97. The highest BCUT2D eigenvalue weighted by Crippen LogP contribution is 2.33. The quantitative estimate of drug-likeness (QED) is 0.686. The van der Waals surface area contributed by atoms with Gasteiger partial charge in [-0.2, -0.15) is 0 Å². The summed E-state index contributed by atoms with van der Waals surface area (Å²) >= 11 is 6.11. The van der Waals surface area contributed by atoms with Crippen LogP contribution < -0.4 is 5.32 Å². The molecule has 3 rings (SSSR count). The second kappa shape index (κ2) is 7.90. The zero-order valence-electron chi connectivity index (χ0n) is 15.2. The van der Waals surface area contributed by atoms with Gasteiger partial charge in [0.25, 0.3) is 5.91 Å². The smallest absolute Gasteiger partial charge is 0.261 e. The van der Waals surface area contributed by atoms with E-state index in [0.29, 0.717) is 5.69 Å². The van der Waals surface area contributed by atoms with E-state index in [1.54, 1.807) is 6.92 Å². The van der Waals surface area contributed by atoms with Crippen LogP contribution in [0.5, 0.6) is 0 Å². The van der Waals surface area contributed by atoms with Gasteiger partial charge in [-0.1, -0.05) is 35.0 Å². The summed E-state index contributed by atoms with van der Waals surface area (Å²) in [6.07, 6.45) is 0. The van der Waals surface area contributed by atoms with Gasteiger partial charge in [0.15, 0.2) is 0 Å². The highest BCUT2D eigenvalue weighted by atomic mass is 35.5. The third kappa shape index (κ3) is 4.18. The lowest BCUT2D eigenvalue weighted by Gasteiger charge is -2.11. The van der Waals surface area contributed by atoms with E-state index in [-0.39, 0.29) is 27.6 Å². The number of carbonyl (C=O) groups is 1. The number of nitrogens with zero attached hydrogens (tertiary/aromatic N) is 2. The Kier molecular flexibility index (Phi) is 5.58. The van der Waals surface area contributed by atoms with Gasteiger partial charge in [0.05, 0.1) is 10.6 Å². The second-order valence-corrected chi connectivity index (χ2v) is 6.86. The summed E-state index contributed by atoms with van der Waals surface area (Å²) in [5, 5.41) is 6.81. The molecule has 1 N–H and O–H groups in total. The molecule has 1 heterocycles. The summed E-state index contributed by atoms with van der Waals surface area (Å²) in [5.74, 6) is -0.729. The number of hydrogen-bond donors (Lipinski definition) is 1. The molecule has 0 fully saturated rings. The number of halogens is 2. The first-order chi connectivity index (χ1) is 12.9. The van der Waals surface area contributed by atoms with E-state index in [1.165, 1.54) is 18.2 Å². The fourth-order valence-corrected chi connectivity index (χ4v) is 3.04. The number of nitrogens with one attached hydrogen (secondary N) is 1. The molecule has 0 saturated carbocycles. The Morgan fingerprint density at radius 2 is 1.93 bits per heavy atom. The Labute approximate surface area is 161 Å². The maximum Gasteiger partial charge on any atom is 0.261 e. The zero-order valence-corrected chi connectivity index (χ0v) is 16.0. The van der Waals surface area contributed by atoms with E-state index in [4.69, 9.17) is 16.1 Å². The van der Waals surface area contributed by atoms with Crippen LogP contribution in [0.3, 0.4) is 0 Å². The van der Waals surface area contributed by atoms with E-state index in [2.05, 4.69) is 15.4 Å². The maximum absolute atomic E-state index is 14.3. The van der Waals surface area contributed by atoms with Crippen molar-refractivity contribution < 1.29 is 13.7 Å². The third-order valence-electron chi connectivity index (χ3n) is 4.00. The van der Waals surface area contributed by atoms with Gasteiger partial charge in [-0.05, 0) is 50.8 Å². The summed E-state index contributed by atoms with van der Waals surface area (Å²) < 4.78 is 19.4. The molecule has 3 aromatic rings. The predicted molar refractivity (Wildman–Crippen MR) is 103 cm³/mol. The average molecular weight is 388 g/mol. The monoisotopic (exact) mass is 387 g/mol. The third-order valence-corrected chi connectivity index (χ3v) is 4.31. The highest BCUT2D eigenvalue weighted by molar-refractivity contribution is 6.33. The standard InChI is InChI=1S/C20H19ClFN3O2/c1-12-17(19(24-27-12)18-15(21)5-4-6-16(18)22)20(26)23-14-9-7-13(8-10-14)11-25(2)3/h4-10H,11H2,1-3H3,(H,23,26). The molecule has 1 amide bonds. The van der Waals surface area contributed by atoms with Crippen LogP contribution >= 0.6 is 11.6 Å². The second-order valence-electron chi connectivity index (χ2n) is 6.45. The van der Waals surface area contributed by atoms with Crippen molar-refractivity contribution in [3.05, 3.63) is 70.2 Å². The molecule has 0 saturated heterocycles. The Morgan fingerprint density at radius 3 is 2.56 bits per heavy atom. The van der Waals surface area contributed by atoms with Crippen molar-refractivity contribution >= 4 is 23.2 Å².